The monoisotopic (exact) mass is 537 g/mol. The van der Waals surface area contributed by atoms with E-state index in [4.69, 9.17) is 26.2 Å². The first kappa shape index (κ1) is 27.1. The lowest BCUT2D eigenvalue weighted by Gasteiger charge is -2.18. The summed E-state index contributed by atoms with van der Waals surface area (Å²) in [7, 11) is 0. The molecule has 0 saturated heterocycles. The van der Waals surface area contributed by atoms with Gasteiger partial charge in [0.05, 0.1) is 27.7 Å². The van der Waals surface area contributed by atoms with E-state index in [9.17, 15) is 9.90 Å². The lowest BCUT2D eigenvalue weighted by Crippen LogP contribution is -2.42. The lowest BCUT2D eigenvalue weighted by atomic mass is 10.2. The van der Waals surface area contributed by atoms with Crippen molar-refractivity contribution in [2.24, 2.45) is 0 Å². The summed E-state index contributed by atoms with van der Waals surface area (Å²) in [6.45, 7) is 1.91. The highest BCUT2D eigenvalue weighted by atomic mass is 35.5. The van der Waals surface area contributed by atoms with Crippen LogP contribution in [0.25, 0.3) is 10.9 Å². The molecule has 0 aliphatic carbocycles. The van der Waals surface area contributed by atoms with Crippen molar-refractivity contribution in [1.29, 1.82) is 0 Å². The molecule has 11 heteroatoms. The van der Waals surface area contributed by atoms with Crippen LogP contribution in [-0.2, 0) is 11.4 Å². The zero-order valence-electron chi connectivity index (χ0n) is 20.7. The van der Waals surface area contributed by atoms with Crippen LogP contribution in [0.15, 0.2) is 67.1 Å². The number of aromatic nitrogens is 3. The Morgan fingerprint density at radius 1 is 1.05 bits per heavy atom. The van der Waals surface area contributed by atoms with Gasteiger partial charge in [-0.3, -0.25) is 9.78 Å². The van der Waals surface area contributed by atoms with Crippen molar-refractivity contribution in [1.82, 2.24) is 20.3 Å². The van der Waals surface area contributed by atoms with Crippen molar-refractivity contribution in [3.63, 3.8) is 0 Å². The minimum Gasteiger partial charge on any atom is -0.491 e. The molecule has 4 rings (SSSR count). The summed E-state index contributed by atoms with van der Waals surface area (Å²) < 4.78 is 11.8. The lowest BCUT2D eigenvalue weighted by molar-refractivity contribution is -0.130. The molecule has 0 bridgehead atoms. The van der Waals surface area contributed by atoms with Gasteiger partial charge in [-0.05, 0) is 49.4 Å². The van der Waals surface area contributed by atoms with Gasteiger partial charge in [0, 0.05) is 24.9 Å². The summed E-state index contributed by atoms with van der Waals surface area (Å²) in [5.74, 6) is 0.991. The predicted octanol–water partition coefficient (Wildman–Crippen LogP) is 3.63. The molecule has 0 unspecified atom stereocenters. The zero-order valence-corrected chi connectivity index (χ0v) is 21.4. The van der Waals surface area contributed by atoms with Crippen LogP contribution in [0.5, 0.6) is 11.5 Å². The van der Waals surface area contributed by atoms with Gasteiger partial charge in [0.2, 0.25) is 5.91 Å². The number of rotatable bonds is 12. The van der Waals surface area contributed by atoms with E-state index in [2.05, 4.69) is 25.6 Å². The smallest absolute Gasteiger partial charge is 0.249 e. The fraction of sp³-hybridized carbons (Fsp3) is 0.259. The second kappa shape index (κ2) is 13.0. The van der Waals surface area contributed by atoms with E-state index in [1.54, 1.807) is 31.3 Å². The summed E-state index contributed by atoms with van der Waals surface area (Å²) in [6.07, 6.45) is 1.85. The van der Waals surface area contributed by atoms with Crippen molar-refractivity contribution >= 4 is 39.9 Å². The summed E-state index contributed by atoms with van der Waals surface area (Å²) in [4.78, 5) is 25.0. The average Bonchev–Trinajstić information content (AvgIpc) is 2.92. The molecule has 0 aliphatic rings. The van der Waals surface area contributed by atoms with Gasteiger partial charge in [0.15, 0.2) is 0 Å². The van der Waals surface area contributed by atoms with E-state index < -0.39 is 18.1 Å². The maximum atomic E-state index is 12.0. The van der Waals surface area contributed by atoms with Gasteiger partial charge in [-0.15, -0.1) is 0 Å². The third-order valence-electron chi connectivity index (χ3n) is 5.50. The Hall–Kier alpha value is -3.99. The highest BCUT2D eigenvalue weighted by Gasteiger charge is 2.18. The maximum absolute atomic E-state index is 12.0. The Kier molecular flexibility index (Phi) is 9.26. The molecule has 2 aromatic carbocycles. The van der Waals surface area contributed by atoms with Crippen molar-refractivity contribution in [3.05, 3.63) is 77.8 Å². The Balaban J connectivity index is 1.46. The van der Waals surface area contributed by atoms with Crippen LogP contribution in [0, 0.1) is 0 Å². The SMILES string of the molecule is C[C@H](COc1cccc2ncnc(Nc3ccc(OCc4ccccn4)c(Cl)c3)c12)NC(=O)[C@@H](O)CCO. The number of carbonyl (C=O) groups excluding carboxylic acids is 1. The molecule has 0 spiro atoms. The van der Waals surface area contributed by atoms with Gasteiger partial charge in [-0.25, -0.2) is 9.97 Å². The molecule has 2 aromatic heterocycles. The van der Waals surface area contributed by atoms with Crippen molar-refractivity contribution in [3.8, 4) is 11.5 Å². The van der Waals surface area contributed by atoms with Crippen LogP contribution in [0.4, 0.5) is 11.5 Å². The first-order valence-electron chi connectivity index (χ1n) is 12.0. The molecule has 0 aliphatic heterocycles. The van der Waals surface area contributed by atoms with Gasteiger partial charge in [0.25, 0.3) is 0 Å². The number of fused-ring (bicyclic) bond motifs is 1. The average molecular weight is 538 g/mol. The normalized spacial score (nSPS) is 12.5. The number of aliphatic hydroxyl groups excluding tert-OH is 2. The standard InChI is InChI=1S/C27H28ClN5O5/c1-17(32-27(36)22(35)10-12-34)14-37-24-7-4-6-21-25(24)26(31-16-30-21)33-18-8-9-23(20(28)13-18)38-15-19-5-2-3-11-29-19/h2-9,11,13,16-17,22,34-35H,10,12,14-15H2,1H3,(H,32,36)(H,30,31,33)/t17-,22+/m1/s1. The molecule has 198 valence electrons. The van der Waals surface area contributed by atoms with Gasteiger partial charge in [-0.2, -0.15) is 0 Å². The number of aliphatic hydroxyl groups is 2. The molecular formula is C27H28ClN5O5. The topological polar surface area (TPSA) is 139 Å². The number of pyridine rings is 1. The second-order valence-electron chi connectivity index (χ2n) is 8.50. The van der Waals surface area contributed by atoms with Crippen molar-refractivity contribution in [2.75, 3.05) is 18.5 Å². The van der Waals surface area contributed by atoms with Gasteiger partial charge < -0.3 is 30.3 Å². The molecule has 10 nitrogen and oxygen atoms in total. The Morgan fingerprint density at radius 3 is 2.68 bits per heavy atom. The molecule has 38 heavy (non-hydrogen) atoms. The highest BCUT2D eigenvalue weighted by Crippen LogP contribution is 2.34. The number of nitrogens with zero attached hydrogens (tertiary/aromatic N) is 3. The molecule has 0 radical (unpaired) electrons. The molecule has 0 saturated carbocycles. The summed E-state index contributed by atoms with van der Waals surface area (Å²) >= 11 is 6.47. The number of anilines is 2. The van der Waals surface area contributed by atoms with Crippen molar-refractivity contribution < 1.29 is 24.5 Å². The maximum Gasteiger partial charge on any atom is 0.249 e. The van der Waals surface area contributed by atoms with E-state index in [0.717, 1.165) is 5.69 Å². The molecule has 4 aromatic rings. The number of hydrogen-bond donors (Lipinski definition) is 4. The molecule has 1 amide bonds. The fourth-order valence-electron chi connectivity index (χ4n) is 3.61. The quantitative estimate of drug-likeness (QED) is 0.213. The summed E-state index contributed by atoms with van der Waals surface area (Å²) in [5, 5.41) is 25.6. The largest absolute Gasteiger partial charge is 0.491 e. The minimum absolute atomic E-state index is 0.0313. The number of benzene rings is 2. The second-order valence-corrected chi connectivity index (χ2v) is 8.91. The van der Waals surface area contributed by atoms with Crippen molar-refractivity contribution in [2.45, 2.75) is 32.1 Å². The Labute approximate surface area is 224 Å². The summed E-state index contributed by atoms with van der Waals surface area (Å²) in [5.41, 5.74) is 2.14. The minimum atomic E-state index is -1.28. The molecular weight excluding hydrogens is 510 g/mol. The Bertz CT molecular complexity index is 1370. The number of hydrogen-bond acceptors (Lipinski definition) is 9. The van der Waals surface area contributed by atoms with Crippen LogP contribution in [0.3, 0.4) is 0 Å². The van der Waals surface area contributed by atoms with Crippen LogP contribution in [-0.4, -0.2) is 56.4 Å². The number of amides is 1. The van der Waals surface area contributed by atoms with Crippen LogP contribution >= 0.6 is 11.6 Å². The number of ether oxygens (including phenoxy) is 2. The number of halogens is 1. The van der Waals surface area contributed by atoms with Crippen LogP contribution < -0.4 is 20.1 Å². The first-order chi connectivity index (χ1) is 18.4. The molecule has 2 atom stereocenters. The first-order valence-corrected chi connectivity index (χ1v) is 12.4. The Morgan fingerprint density at radius 2 is 1.92 bits per heavy atom. The fourth-order valence-corrected chi connectivity index (χ4v) is 3.85. The third kappa shape index (κ3) is 7.06. The van der Waals surface area contributed by atoms with E-state index in [0.29, 0.717) is 45.5 Å². The van der Waals surface area contributed by atoms with Gasteiger partial charge in [0.1, 0.15) is 43.0 Å². The third-order valence-corrected chi connectivity index (χ3v) is 5.80. The van der Waals surface area contributed by atoms with Gasteiger partial charge in [-0.1, -0.05) is 23.7 Å². The molecule has 0 fully saturated rings. The van der Waals surface area contributed by atoms with Crippen LogP contribution in [0.1, 0.15) is 19.0 Å². The summed E-state index contributed by atoms with van der Waals surface area (Å²) in [6, 6.07) is 16.0. The number of nitrogens with one attached hydrogen (secondary N) is 2. The van der Waals surface area contributed by atoms with E-state index in [1.165, 1.54) is 6.33 Å². The predicted molar refractivity (Wildman–Crippen MR) is 144 cm³/mol. The van der Waals surface area contributed by atoms with Gasteiger partial charge >= 0.3 is 0 Å². The number of carbonyl (C=O) groups is 1. The highest BCUT2D eigenvalue weighted by molar-refractivity contribution is 6.32. The van der Waals surface area contributed by atoms with Crippen LogP contribution in [0.2, 0.25) is 5.02 Å². The molecule has 4 N–H and O–H groups in total. The van der Waals surface area contributed by atoms with E-state index in [1.807, 2.05) is 36.4 Å². The van der Waals surface area contributed by atoms with E-state index >= 15 is 0 Å². The zero-order chi connectivity index (χ0) is 26.9. The van der Waals surface area contributed by atoms with E-state index in [-0.39, 0.29) is 19.6 Å². The molecule has 2 heterocycles.